The number of fused-ring (bicyclic) bond motifs is 1. The van der Waals surface area contributed by atoms with Gasteiger partial charge in [-0.2, -0.15) is 0 Å². The van der Waals surface area contributed by atoms with Crippen molar-refractivity contribution in [3.63, 3.8) is 0 Å². The Bertz CT molecular complexity index is 1050. The summed E-state index contributed by atoms with van der Waals surface area (Å²) in [6.07, 6.45) is 1.34. The van der Waals surface area contributed by atoms with Gasteiger partial charge in [-0.15, -0.1) is 0 Å². The fourth-order valence-corrected chi connectivity index (χ4v) is 3.65. The summed E-state index contributed by atoms with van der Waals surface area (Å²) in [5.74, 6) is 2.30. The van der Waals surface area contributed by atoms with Crippen molar-refractivity contribution in [1.82, 2.24) is 5.32 Å². The molecular weight excluding hydrogens is 392 g/mol. The second-order valence-electron chi connectivity index (χ2n) is 7.61. The molecule has 0 radical (unpaired) electrons. The van der Waals surface area contributed by atoms with Crippen LogP contribution in [0.3, 0.4) is 0 Å². The second kappa shape index (κ2) is 9.43. The van der Waals surface area contributed by atoms with Crippen molar-refractivity contribution < 1.29 is 19.0 Å². The maximum atomic E-state index is 12.7. The molecule has 0 aliphatic carbocycles. The molecular formula is C25H26N2O4. The van der Waals surface area contributed by atoms with E-state index in [4.69, 9.17) is 14.2 Å². The minimum absolute atomic E-state index is 0.112. The van der Waals surface area contributed by atoms with Gasteiger partial charge in [0.05, 0.1) is 7.11 Å². The van der Waals surface area contributed by atoms with E-state index in [1.807, 2.05) is 73.7 Å². The first-order valence-electron chi connectivity index (χ1n) is 10.2. The number of urea groups is 1. The molecule has 6 heteroatoms. The molecule has 160 valence electrons. The predicted octanol–water partition coefficient (Wildman–Crippen LogP) is 4.71. The van der Waals surface area contributed by atoms with Crippen molar-refractivity contribution in [2.24, 2.45) is 0 Å². The average molecular weight is 418 g/mol. The average Bonchev–Trinajstić information content (AvgIpc) is 3.22. The number of carbonyl (C=O) groups excluding carboxylic acids is 1. The molecule has 0 spiro atoms. The first-order valence-corrected chi connectivity index (χ1v) is 10.2. The number of aryl methyl sites for hydroxylation is 1. The highest BCUT2D eigenvalue weighted by Crippen LogP contribution is 2.33. The number of rotatable bonds is 7. The van der Waals surface area contributed by atoms with Crippen LogP contribution in [0.25, 0.3) is 0 Å². The van der Waals surface area contributed by atoms with E-state index in [1.54, 1.807) is 7.11 Å². The Hall–Kier alpha value is -3.67. The molecule has 1 heterocycles. The van der Waals surface area contributed by atoms with Gasteiger partial charge in [-0.3, -0.25) is 0 Å². The Kier molecular flexibility index (Phi) is 6.26. The number of nitrogens with one attached hydrogen (secondary N) is 2. The zero-order chi connectivity index (χ0) is 21.6. The van der Waals surface area contributed by atoms with Gasteiger partial charge in [0, 0.05) is 11.7 Å². The second-order valence-corrected chi connectivity index (χ2v) is 7.61. The highest BCUT2D eigenvalue weighted by Gasteiger charge is 2.18. The normalized spacial score (nSPS) is 12.8. The molecule has 1 atom stereocenters. The van der Waals surface area contributed by atoms with Crippen LogP contribution in [0.15, 0.2) is 66.7 Å². The van der Waals surface area contributed by atoms with E-state index in [0.29, 0.717) is 12.8 Å². The minimum atomic E-state index is -0.232. The molecule has 31 heavy (non-hydrogen) atoms. The number of ether oxygens (including phenoxy) is 3. The number of carbonyl (C=O) groups is 1. The summed E-state index contributed by atoms with van der Waals surface area (Å²) in [6.45, 7) is 2.24. The van der Waals surface area contributed by atoms with Crippen molar-refractivity contribution in [3.05, 3.63) is 83.4 Å². The Labute approximate surface area is 182 Å². The van der Waals surface area contributed by atoms with E-state index in [9.17, 15) is 4.79 Å². The minimum Gasteiger partial charge on any atom is -0.497 e. The van der Waals surface area contributed by atoms with Gasteiger partial charge in [0.2, 0.25) is 6.79 Å². The van der Waals surface area contributed by atoms with E-state index in [1.165, 1.54) is 0 Å². The number of anilines is 1. The molecule has 4 rings (SSSR count). The molecule has 0 fully saturated rings. The van der Waals surface area contributed by atoms with E-state index in [0.717, 1.165) is 39.6 Å². The molecule has 0 saturated heterocycles. The lowest BCUT2D eigenvalue weighted by atomic mass is 9.98. The number of hydrogen-bond acceptors (Lipinski definition) is 4. The van der Waals surface area contributed by atoms with Crippen LogP contribution < -0.4 is 24.8 Å². The summed E-state index contributed by atoms with van der Waals surface area (Å²) < 4.78 is 16.2. The quantitative estimate of drug-likeness (QED) is 0.583. The molecule has 0 saturated carbocycles. The van der Waals surface area contributed by atoms with Gasteiger partial charge < -0.3 is 24.8 Å². The van der Waals surface area contributed by atoms with E-state index in [-0.39, 0.29) is 18.9 Å². The van der Waals surface area contributed by atoms with E-state index in [2.05, 4.69) is 10.6 Å². The van der Waals surface area contributed by atoms with Gasteiger partial charge in [-0.05, 0) is 72.9 Å². The van der Waals surface area contributed by atoms with Crippen molar-refractivity contribution >= 4 is 11.7 Å². The zero-order valence-corrected chi connectivity index (χ0v) is 17.7. The summed E-state index contributed by atoms with van der Waals surface area (Å²) >= 11 is 0. The molecule has 1 aliphatic rings. The largest absolute Gasteiger partial charge is 0.497 e. The summed E-state index contributed by atoms with van der Waals surface area (Å²) in [7, 11) is 1.65. The fraction of sp³-hybridized carbons (Fsp3) is 0.240. The number of amides is 2. The molecule has 6 nitrogen and oxygen atoms in total. The van der Waals surface area contributed by atoms with Gasteiger partial charge in [-0.1, -0.05) is 30.3 Å². The van der Waals surface area contributed by atoms with Gasteiger partial charge in [0.1, 0.15) is 5.75 Å². The number of hydrogen-bond donors (Lipinski definition) is 2. The lowest BCUT2D eigenvalue weighted by Crippen LogP contribution is -2.40. The zero-order valence-electron chi connectivity index (χ0n) is 17.7. The standard InChI is InChI=1S/C25H26N2O4/c1-17-4-3-5-20(12-17)26-25(28)27-21(13-18-6-9-22(29-2)10-7-18)14-19-8-11-23-24(15-19)31-16-30-23/h3-12,15,21H,13-14,16H2,1-2H3,(H2,26,27,28)/t21-/m0/s1. The Balaban J connectivity index is 1.48. The van der Waals surface area contributed by atoms with Crippen molar-refractivity contribution in [3.8, 4) is 17.2 Å². The summed E-state index contributed by atoms with van der Waals surface area (Å²) in [6, 6.07) is 21.2. The van der Waals surface area contributed by atoms with Crippen molar-refractivity contribution in [1.29, 1.82) is 0 Å². The molecule has 3 aromatic carbocycles. The molecule has 2 amide bonds. The first kappa shape index (κ1) is 20.6. The van der Waals surface area contributed by atoms with Gasteiger partial charge >= 0.3 is 6.03 Å². The molecule has 0 unspecified atom stereocenters. The lowest BCUT2D eigenvalue weighted by Gasteiger charge is -2.20. The third kappa shape index (κ3) is 5.48. The SMILES string of the molecule is COc1ccc(C[C@@H](Cc2ccc3c(c2)OCO3)NC(=O)Nc2cccc(C)c2)cc1. The van der Waals surface area contributed by atoms with E-state index < -0.39 is 0 Å². The van der Waals surface area contributed by atoms with Crippen LogP contribution in [0, 0.1) is 6.92 Å². The maximum Gasteiger partial charge on any atom is 0.319 e. The van der Waals surface area contributed by atoms with Crippen LogP contribution >= 0.6 is 0 Å². The van der Waals surface area contributed by atoms with Crippen LogP contribution in [0.4, 0.5) is 10.5 Å². The van der Waals surface area contributed by atoms with Crippen LogP contribution in [-0.2, 0) is 12.8 Å². The van der Waals surface area contributed by atoms with Crippen molar-refractivity contribution in [2.75, 3.05) is 19.2 Å². The number of methoxy groups -OCH3 is 1. The molecule has 1 aliphatic heterocycles. The molecule has 0 bridgehead atoms. The van der Waals surface area contributed by atoms with Gasteiger partial charge in [0.25, 0.3) is 0 Å². The van der Waals surface area contributed by atoms with E-state index >= 15 is 0 Å². The third-order valence-electron chi connectivity index (χ3n) is 5.17. The Morgan fingerprint density at radius 1 is 0.968 bits per heavy atom. The summed E-state index contributed by atoms with van der Waals surface area (Å²) in [4.78, 5) is 12.7. The monoisotopic (exact) mass is 418 g/mol. The predicted molar refractivity (Wildman–Crippen MR) is 120 cm³/mol. The highest BCUT2D eigenvalue weighted by molar-refractivity contribution is 5.89. The fourth-order valence-electron chi connectivity index (χ4n) is 3.65. The van der Waals surface area contributed by atoms with Gasteiger partial charge in [-0.25, -0.2) is 4.79 Å². The van der Waals surface area contributed by atoms with Gasteiger partial charge in [0.15, 0.2) is 11.5 Å². The number of benzene rings is 3. The van der Waals surface area contributed by atoms with Crippen LogP contribution in [0.2, 0.25) is 0 Å². The van der Waals surface area contributed by atoms with Crippen molar-refractivity contribution in [2.45, 2.75) is 25.8 Å². The first-order chi connectivity index (χ1) is 15.1. The highest BCUT2D eigenvalue weighted by atomic mass is 16.7. The maximum absolute atomic E-state index is 12.7. The summed E-state index contributed by atoms with van der Waals surface area (Å²) in [5, 5.41) is 6.05. The third-order valence-corrected chi connectivity index (χ3v) is 5.17. The van der Waals surface area contributed by atoms with Crippen LogP contribution in [0.5, 0.6) is 17.2 Å². The van der Waals surface area contributed by atoms with Crippen LogP contribution in [0.1, 0.15) is 16.7 Å². The Morgan fingerprint density at radius 3 is 2.48 bits per heavy atom. The molecule has 2 N–H and O–H groups in total. The Morgan fingerprint density at radius 2 is 1.71 bits per heavy atom. The smallest absolute Gasteiger partial charge is 0.319 e. The lowest BCUT2D eigenvalue weighted by molar-refractivity contribution is 0.174. The molecule has 0 aromatic heterocycles. The van der Waals surface area contributed by atoms with Crippen LogP contribution in [-0.4, -0.2) is 26.0 Å². The topological polar surface area (TPSA) is 68.8 Å². The molecule has 3 aromatic rings. The summed E-state index contributed by atoms with van der Waals surface area (Å²) in [5.41, 5.74) is 4.04.